The molecule has 0 fully saturated rings. The highest BCUT2D eigenvalue weighted by Gasteiger charge is 2.30. The SMILES string of the molecule is Cc1ccc2c(c1C)N(CCCN(C)Cc1ccccc1)c1cc(-c3nnn(C)n3)ccc1S2=O. The third-order valence-corrected chi connectivity index (χ3v) is 8.04. The van der Waals surface area contributed by atoms with Crippen LogP contribution in [-0.4, -0.2) is 49.5 Å². The molecular weight excluding hydrogens is 456 g/mol. The molecule has 4 aromatic rings. The van der Waals surface area contributed by atoms with Crippen molar-refractivity contribution in [1.29, 1.82) is 0 Å². The molecule has 1 aliphatic heterocycles. The Hall–Kier alpha value is -3.36. The predicted molar refractivity (Wildman–Crippen MR) is 139 cm³/mol. The third kappa shape index (κ3) is 4.63. The number of aromatic nitrogens is 4. The van der Waals surface area contributed by atoms with Crippen LogP contribution < -0.4 is 4.90 Å². The predicted octanol–water partition coefficient (Wildman–Crippen LogP) is 4.63. The van der Waals surface area contributed by atoms with Crippen molar-refractivity contribution < 1.29 is 4.21 Å². The number of fused-ring (bicyclic) bond motifs is 2. The van der Waals surface area contributed by atoms with Gasteiger partial charge in [-0.05, 0) is 80.0 Å². The Morgan fingerprint density at radius 1 is 1.00 bits per heavy atom. The lowest BCUT2D eigenvalue weighted by Gasteiger charge is -2.35. The van der Waals surface area contributed by atoms with Gasteiger partial charge < -0.3 is 9.80 Å². The highest BCUT2D eigenvalue weighted by molar-refractivity contribution is 7.85. The lowest BCUT2D eigenvalue weighted by molar-refractivity contribution is 0.324. The maximum absolute atomic E-state index is 13.6. The number of hydrogen-bond acceptors (Lipinski definition) is 6. The zero-order chi connectivity index (χ0) is 24.5. The highest BCUT2D eigenvalue weighted by atomic mass is 32.2. The van der Waals surface area contributed by atoms with E-state index in [2.05, 4.69) is 82.5 Å². The first-order valence-corrected chi connectivity index (χ1v) is 13.0. The van der Waals surface area contributed by atoms with Crippen LogP contribution >= 0.6 is 0 Å². The molecule has 7 nitrogen and oxygen atoms in total. The van der Waals surface area contributed by atoms with Crippen molar-refractivity contribution in [2.75, 3.05) is 25.0 Å². The zero-order valence-electron chi connectivity index (χ0n) is 20.6. The quantitative estimate of drug-likeness (QED) is 0.379. The number of hydrogen-bond donors (Lipinski definition) is 0. The van der Waals surface area contributed by atoms with Crippen LogP contribution in [0.1, 0.15) is 23.1 Å². The molecule has 0 saturated carbocycles. The fraction of sp³-hybridized carbons (Fsp3) is 0.296. The van der Waals surface area contributed by atoms with Crippen molar-refractivity contribution in [3.63, 3.8) is 0 Å². The van der Waals surface area contributed by atoms with Crippen molar-refractivity contribution in [2.24, 2.45) is 7.05 Å². The first kappa shape index (κ1) is 23.4. The van der Waals surface area contributed by atoms with Crippen LogP contribution in [0, 0.1) is 13.8 Å². The van der Waals surface area contributed by atoms with Crippen LogP contribution in [0.5, 0.6) is 0 Å². The summed E-state index contributed by atoms with van der Waals surface area (Å²) in [5, 5.41) is 12.5. The molecule has 1 aliphatic rings. The van der Waals surface area contributed by atoms with Gasteiger partial charge in [-0.1, -0.05) is 36.4 Å². The number of anilines is 2. The largest absolute Gasteiger partial charge is 0.339 e. The molecule has 0 radical (unpaired) electrons. The van der Waals surface area contributed by atoms with Gasteiger partial charge in [0, 0.05) is 18.7 Å². The Morgan fingerprint density at radius 2 is 1.77 bits per heavy atom. The van der Waals surface area contributed by atoms with Gasteiger partial charge in [-0.25, -0.2) is 4.21 Å². The Labute approximate surface area is 208 Å². The molecule has 0 bridgehead atoms. The molecular formula is C27H30N6OS. The Bertz CT molecular complexity index is 1380. The second-order valence-corrected chi connectivity index (χ2v) is 10.6. The van der Waals surface area contributed by atoms with E-state index in [4.69, 9.17) is 0 Å². The molecule has 2 heterocycles. The summed E-state index contributed by atoms with van der Waals surface area (Å²) in [5.41, 5.74) is 6.57. The molecule has 8 heteroatoms. The maximum atomic E-state index is 13.6. The van der Waals surface area contributed by atoms with Gasteiger partial charge in [0.25, 0.3) is 0 Å². The van der Waals surface area contributed by atoms with E-state index >= 15 is 0 Å². The van der Waals surface area contributed by atoms with Gasteiger partial charge in [0.05, 0.1) is 39.0 Å². The van der Waals surface area contributed by atoms with E-state index in [0.717, 1.165) is 52.8 Å². The van der Waals surface area contributed by atoms with Crippen molar-refractivity contribution in [2.45, 2.75) is 36.6 Å². The number of tetrazole rings is 1. The minimum Gasteiger partial charge on any atom is -0.339 e. The molecule has 0 saturated heterocycles. The molecule has 180 valence electrons. The molecule has 0 aliphatic carbocycles. The van der Waals surface area contributed by atoms with E-state index in [-0.39, 0.29) is 0 Å². The average molecular weight is 487 g/mol. The number of nitrogens with zero attached hydrogens (tertiary/aromatic N) is 6. The summed E-state index contributed by atoms with van der Waals surface area (Å²) < 4.78 is 13.6. The fourth-order valence-corrected chi connectivity index (χ4v) is 6.05. The summed E-state index contributed by atoms with van der Waals surface area (Å²) >= 11 is 0. The van der Waals surface area contributed by atoms with Crippen molar-refractivity contribution in [1.82, 2.24) is 25.1 Å². The van der Waals surface area contributed by atoms with Crippen LogP contribution in [-0.2, 0) is 24.4 Å². The van der Waals surface area contributed by atoms with Gasteiger partial charge in [-0.3, -0.25) is 0 Å². The monoisotopic (exact) mass is 486 g/mol. The number of benzene rings is 3. The summed E-state index contributed by atoms with van der Waals surface area (Å²) in [4.78, 5) is 7.85. The molecule has 0 spiro atoms. The van der Waals surface area contributed by atoms with E-state index in [0.29, 0.717) is 5.82 Å². The second kappa shape index (κ2) is 9.71. The summed E-state index contributed by atoms with van der Waals surface area (Å²) in [6.07, 6.45) is 0.968. The topological polar surface area (TPSA) is 67.2 Å². The molecule has 1 unspecified atom stereocenters. The average Bonchev–Trinajstić information content (AvgIpc) is 3.30. The highest BCUT2D eigenvalue weighted by Crippen LogP contribution is 2.45. The van der Waals surface area contributed by atoms with Gasteiger partial charge in [0.1, 0.15) is 0 Å². The minimum atomic E-state index is -1.24. The van der Waals surface area contributed by atoms with E-state index in [9.17, 15) is 4.21 Å². The zero-order valence-corrected chi connectivity index (χ0v) is 21.4. The lowest BCUT2D eigenvalue weighted by Crippen LogP contribution is -2.29. The number of aryl methyl sites for hydroxylation is 2. The summed E-state index contributed by atoms with van der Waals surface area (Å²) in [6, 6.07) is 20.6. The van der Waals surface area contributed by atoms with Crippen molar-refractivity contribution in [3.05, 3.63) is 77.4 Å². The molecule has 0 amide bonds. The normalized spacial score (nSPS) is 14.8. The van der Waals surface area contributed by atoms with Crippen LogP contribution in [0.3, 0.4) is 0 Å². The lowest BCUT2D eigenvalue weighted by atomic mass is 10.0. The van der Waals surface area contributed by atoms with E-state index in [1.807, 2.05) is 24.3 Å². The third-order valence-electron chi connectivity index (χ3n) is 6.57. The molecule has 1 atom stereocenters. The summed E-state index contributed by atoms with van der Waals surface area (Å²) in [7, 11) is 2.67. The van der Waals surface area contributed by atoms with E-state index in [1.165, 1.54) is 21.5 Å². The van der Waals surface area contributed by atoms with Gasteiger partial charge in [0.15, 0.2) is 0 Å². The van der Waals surface area contributed by atoms with Crippen LogP contribution in [0.25, 0.3) is 11.4 Å². The van der Waals surface area contributed by atoms with Crippen LogP contribution in [0.4, 0.5) is 11.4 Å². The Kier molecular flexibility index (Phi) is 6.49. The number of rotatable bonds is 7. The first-order valence-electron chi connectivity index (χ1n) is 11.8. The van der Waals surface area contributed by atoms with Crippen LogP contribution in [0.2, 0.25) is 0 Å². The first-order chi connectivity index (χ1) is 16.9. The van der Waals surface area contributed by atoms with E-state index < -0.39 is 10.8 Å². The van der Waals surface area contributed by atoms with Gasteiger partial charge in [-0.2, -0.15) is 4.80 Å². The van der Waals surface area contributed by atoms with Crippen molar-refractivity contribution in [3.8, 4) is 11.4 Å². The molecule has 1 aromatic heterocycles. The smallest absolute Gasteiger partial charge is 0.204 e. The van der Waals surface area contributed by atoms with Gasteiger partial charge in [0.2, 0.25) is 5.82 Å². The molecule has 3 aromatic carbocycles. The Balaban J connectivity index is 1.46. The second-order valence-electron chi connectivity index (χ2n) is 9.14. The summed E-state index contributed by atoms with van der Waals surface area (Å²) in [6.45, 7) is 6.92. The van der Waals surface area contributed by atoms with Crippen LogP contribution in [0.15, 0.2) is 70.5 Å². The fourth-order valence-electron chi connectivity index (χ4n) is 4.63. The van der Waals surface area contributed by atoms with E-state index in [1.54, 1.807) is 7.05 Å². The minimum absolute atomic E-state index is 0.565. The Morgan fingerprint density at radius 3 is 2.51 bits per heavy atom. The summed E-state index contributed by atoms with van der Waals surface area (Å²) in [5.74, 6) is 0.565. The molecule has 5 rings (SSSR count). The van der Waals surface area contributed by atoms with Gasteiger partial charge in [-0.15, -0.1) is 10.2 Å². The molecule has 0 N–H and O–H groups in total. The van der Waals surface area contributed by atoms with Gasteiger partial charge >= 0.3 is 0 Å². The van der Waals surface area contributed by atoms with Crippen molar-refractivity contribution >= 4 is 22.2 Å². The molecule has 35 heavy (non-hydrogen) atoms. The maximum Gasteiger partial charge on any atom is 0.204 e. The standard InChI is InChI=1S/C27H30N6OS/c1-19-11-13-25-26(20(19)2)33(16-8-15-31(3)18-21-9-6-5-7-10-21)23-17-22(12-14-24(23)35(25)34)27-28-30-32(4)29-27/h5-7,9-14,17H,8,15-16,18H2,1-4H3.